The van der Waals surface area contributed by atoms with Crippen molar-refractivity contribution < 1.29 is 14.3 Å². The molecule has 0 aromatic heterocycles. The van der Waals surface area contributed by atoms with Crippen LogP contribution in [0.2, 0.25) is 11.6 Å². The van der Waals surface area contributed by atoms with Gasteiger partial charge >= 0.3 is 5.97 Å². The molecule has 0 amide bonds. The van der Waals surface area contributed by atoms with E-state index in [1.165, 1.54) is 43.9 Å². The van der Waals surface area contributed by atoms with Gasteiger partial charge in [-0.15, -0.1) is 6.58 Å². The van der Waals surface area contributed by atoms with E-state index < -0.39 is 11.8 Å². The zero-order chi connectivity index (χ0) is 15.9. The molecule has 0 heterocycles. The molecule has 0 unspecified atom stereocenters. The summed E-state index contributed by atoms with van der Waals surface area (Å²) in [6.45, 7) is 3.81. The first-order valence-electron chi connectivity index (χ1n) is 8.22. The highest BCUT2D eigenvalue weighted by Crippen LogP contribution is 2.35. The van der Waals surface area contributed by atoms with Gasteiger partial charge in [0.15, 0.2) is 0 Å². The molecule has 1 fully saturated rings. The molecule has 0 saturated heterocycles. The summed E-state index contributed by atoms with van der Waals surface area (Å²) in [6, 6.07) is 5.76. The second-order valence-electron chi connectivity index (χ2n) is 6.41. The van der Waals surface area contributed by atoms with Gasteiger partial charge < -0.3 is 5.11 Å². The molecule has 0 atom stereocenters. The number of carboxylic acids is 1. The highest BCUT2D eigenvalue weighted by molar-refractivity contribution is 6.38. The molecule has 120 valence electrons. The molecule has 2 rings (SSSR count). The largest absolute Gasteiger partial charge is 0.478 e. The van der Waals surface area contributed by atoms with Gasteiger partial charge in [0.1, 0.15) is 5.82 Å². The fraction of sp³-hybridized carbons (Fsp3) is 0.500. The molecular weight excluding hydrogens is 295 g/mol. The van der Waals surface area contributed by atoms with Crippen molar-refractivity contribution in [2.45, 2.75) is 50.1 Å². The predicted octanol–water partition coefficient (Wildman–Crippen LogP) is 4.21. The fourth-order valence-corrected chi connectivity index (χ4v) is 5.18. The molecule has 0 spiro atoms. The third-order valence-electron chi connectivity index (χ3n) is 4.85. The lowest BCUT2D eigenvalue weighted by atomic mass is 9.85. The maximum absolute atomic E-state index is 13.7. The molecule has 0 aliphatic heterocycles. The van der Waals surface area contributed by atoms with Crippen molar-refractivity contribution in [2.24, 2.45) is 5.92 Å². The highest BCUT2D eigenvalue weighted by Gasteiger charge is 2.20. The Hall–Kier alpha value is -1.42. The van der Waals surface area contributed by atoms with Crippen molar-refractivity contribution >= 4 is 15.5 Å². The second-order valence-corrected chi connectivity index (χ2v) is 8.72. The zero-order valence-corrected chi connectivity index (χ0v) is 14.5. The minimum absolute atomic E-state index is 0.0372. The number of carbonyl (C=O) groups is 1. The van der Waals surface area contributed by atoms with E-state index in [4.69, 9.17) is 5.11 Å². The summed E-state index contributed by atoms with van der Waals surface area (Å²) in [4.78, 5) is 10.8. The highest BCUT2D eigenvalue weighted by atomic mass is 28.2. The number of benzene rings is 1. The Labute approximate surface area is 134 Å². The Balaban J connectivity index is 1.78. The molecule has 1 aliphatic carbocycles. The van der Waals surface area contributed by atoms with Crippen LogP contribution in [0.15, 0.2) is 30.9 Å². The van der Waals surface area contributed by atoms with Crippen LogP contribution in [0.4, 0.5) is 4.39 Å². The van der Waals surface area contributed by atoms with Gasteiger partial charge in [0.05, 0.1) is 5.56 Å². The topological polar surface area (TPSA) is 37.3 Å². The van der Waals surface area contributed by atoms with E-state index in [-0.39, 0.29) is 15.1 Å². The summed E-state index contributed by atoms with van der Waals surface area (Å²) in [5.74, 6) is -1.08. The number of allylic oxidation sites excluding steroid dienone is 1. The van der Waals surface area contributed by atoms with Crippen LogP contribution in [0.25, 0.3) is 0 Å². The van der Waals surface area contributed by atoms with Crippen molar-refractivity contribution in [3.63, 3.8) is 0 Å². The van der Waals surface area contributed by atoms with Crippen LogP contribution in [0.3, 0.4) is 0 Å². The number of aromatic carboxylic acids is 1. The average molecular weight is 320 g/mol. The number of aryl methyl sites for hydroxylation is 1. The van der Waals surface area contributed by atoms with Crippen molar-refractivity contribution in [2.75, 3.05) is 0 Å². The summed E-state index contributed by atoms with van der Waals surface area (Å²) < 4.78 is 13.7. The quantitative estimate of drug-likeness (QED) is 0.603. The predicted molar refractivity (Wildman–Crippen MR) is 90.9 cm³/mol. The van der Waals surface area contributed by atoms with Gasteiger partial charge in [0, 0.05) is 9.52 Å². The average Bonchev–Trinajstić information content (AvgIpc) is 2.51. The molecule has 1 aromatic rings. The minimum Gasteiger partial charge on any atom is -0.478 e. The second kappa shape index (κ2) is 8.27. The Morgan fingerprint density at radius 3 is 2.68 bits per heavy atom. The van der Waals surface area contributed by atoms with Gasteiger partial charge in [-0.25, -0.2) is 9.18 Å². The van der Waals surface area contributed by atoms with Gasteiger partial charge in [-0.1, -0.05) is 43.4 Å². The molecule has 0 radical (unpaired) electrons. The van der Waals surface area contributed by atoms with E-state index in [0.717, 1.165) is 29.9 Å². The standard InChI is InChI=1S/C18H25FO2Si/c1-2-11-22-15-8-5-13(6-9-15)3-4-14-7-10-16(18(20)21)17(19)12-14/h2,7,10,12-13,15H,1,3-6,8-9,11,22H2,(H,20,21). The smallest absolute Gasteiger partial charge is 0.338 e. The maximum atomic E-state index is 13.7. The normalized spacial score (nSPS) is 22.0. The maximum Gasteiger partial charge on any atom is 0.338 e. The Morgan fingerprint density at radius 2 is 2.09 bits per heavy atom. The Morgan fingerprint density at radius 1 is 1.36 bits per heavy atom. The van der Waals surface area contributed by atoms with Crippen LogP contribution < -0.4 is 0 Å². The van der Waals surface area contributed by atoms with Crippen LogP contribution >= 0.6 is 0 Å². The van der Waals surface area contributed by atoms with E-state index >= 15 is 0 Å². The van der Waals surface area contributed by atoms with E-state index in [1.807, 2.05) is 0 Å². The fourth-order valence-electron chi connectivity index (χ4n) is 3.42. The number of carboxylic acid groups (broad SMARTS) is 1. The van der Waals surface area contributed by atoms with E-state index in [2.05, 4.69) is 12.7 Å². The summed E-state index contributed by atoms with van der Waals surface area (Å²) in [5.41, 5.74) is 1.66. The SMILES string of the molecule is C=CC[SiH2]C1CCC(CCc2ccc(C(=O)O)c(F)c2)CC1. The first-order valence-corrected chi connectivity index (χ1v) is 10.0. The first kappa shape index (κ1) is 16.9. The van der Waals surface area contributed by atoms with E-state index in [1.54, 1.807) is 6.07 Å². The lowest BCUT2D eigenvalue weighted by molar-refractivity contribution is 0.0692. The lowest BCUT2D eigenvalue weighted by Gasteiger charge is -2.28. The summed E-state index contributed by atoms with van der Waals surface area (Å²) in [6.07, 6.45) is 9.30. The van der Waals surface area contributed by atoms with Crippen LogP contribution in [-0.2, 0) is 6.42 Å². The monoisotopic (exact) mass is 320 g/mol. The lowest BCUT2D eigenvalue weighted by Crippen LogP contribution is -2.15. The zero-order valence-electron chi connectivity index (χ0n) is 13.1. The van der Waals surface area contributed by atoms with Crippen LogP contribution in [0, 0.1) is 11.7 Å². The summed E-state index contributed by atoms with van der Waals surface area (Å²) in [7, 11) is 0.0372. The number of hydrogen-bond acceptors (Lipinski definition) is 1. The molecule has 4 heteroatoms. The van der Waals surface area contributed by atoms with E-state index in [0.29, 0.717) is 0 Å². The van der Waals surface area contributed by atoms with Crippen molar-refractivity contribution in [1.29, 1.82) is 0 Å². The van der Waals surface area contributed by atoms with Gasteiger partial charge in [-0.2, -0.15) is 0 Å². The molecule has 1 N–H and O–H groups in total. The third-order valence-corrected chi connectivity index (χ3v) is 7.23. The summed E-state index contributed by atoms with van der Waals surface area (Å²) in [5, 5.41) is 8.83. The third kappa shape index (κ3) is 4.80. The molecule has 1 saturated carbocycles. The summed E-state index contributed by atoms with van der Waals surface area (Å²) >= 11 is 0. The van der Waals surface area contributed by atoms with Crippen LogP contribution in [0.5, 0.6) is 0 Å². The molecule has 1 aliphatic rings. The van der Waals surface area contributed by atoms with Crippen LogP contribution in [-0.4, -0.2) is 20.6 Å². The molecular formula is C18H25FO2Si. The van der Waals surface area contributed by atoms with Gasteiger partial charge in [-0.05, 0) is 42.5 Å². The van der Waals surface area contributed by atoms with Crippen LogP contribution in [0.1, 0.15) is 48.0 Å². The van der Waals surface area contributed by atoms with Gasteiger partial charge in [0.25, 0.3) is 0 Å². The molecule has 2 nitrogen and oxygen atoms in total. The van der Waals surface area contributed by atoms with Gasteiger partial charge in [0.2, 0.25) is 0 Å². The van der Waals surface area contributed by atoms with Crippen molar-refractivity contribution in [3.8, 4) is 0 Å². The Bertz CT molecular complexity index is 522. The Kier molecular flexibility index (Phi) is 6.37. The van der Waals surface area contributed by atoms with Gasteiger partial charge in [-0.3, -0.25) is 0 Å². The number of halogens is 1. The van der Waals surface area contributed by atoms with Crippen molar-refractivity contribution in [1.82, 2.24) is 0 Å². The van der Waals surface area contributed by atoms with Crippen molar-refractivity contribution in [3.05, 3.63) is 47.8 Å². The molecule has 0 bridgehead atoms. The van der Waals surface area contributed by atoms with E-state index in [9.17, 15) is 9.18 Å². The number of rotatable bonds is 7. The first-order chi connectivity index (χ1) is 10.6. The molecule has 22 heavy (non-hydrogen) atoms. The number of hydrogen-bond donors (Lipinski definition) is 1. The molecule has 1 aromatic carbocycles. The minimum atomic E-state index is -1.20.